The van der Waals surface area contributed by atoms with Gasteiger partial charge in [-0.25, -0.2) is 4.98 Å². The third-order valence-electron chi connectivity index (χ3n) is 4.95. The van der Waals surface area contributed by atoms with Crippen molar-refractivity contribution in [1.82, 2.24) is 10.3 Å². The standard InChI is InChI=1S/C22H22N2OS/c1-15-20(24-22(26-15)17-9-3-2-4-10-17)14-21(25)23-19-13-7-11-16-8-5-6-12-18(16)19/h2-6,8-10,12,19H,7,11,13-14H2,1H3,(H,23,25). The van der Waals surface area contributed by atoms with Crippen molar-refractivity contribution < 1.29 is 4.79 Å². The molecule has 1 aromatic heterocycles. The fraction of sp³-hybridized carbons (Fsp3) is 0.273. The van der Waals surface area contributed by atoms with Gasteiger partial charge in [-0.05, 0) is 37.3 Å². The number of carbonyl (C=O) groups is 1. The van der Waals surface area contributed by atoms with Gasteiger partial charge in [-0.2, -0.15) is 0 Å². The Labute approximate surface area is 158 Å². The number of aromatic nitrogens is 1. The molecule has 1 N–H and O–H groups in total. The van der Waals surface area contributed by atoms with Crippen molar-refractivity contribution in [2.75, 3.05) is 0 Å². The highest BCUT2D eigenvalue weighted by molar-refractivity contribution is 7.15. The molecule has 3 nitrogen and oxygen atoms in total. The maximum Gasteiger partial charge on any atom is 0.226 e. The number of fused-ring (bicyclic) bond motifs is 1. The number of carbonyl (C=O) groups excluding carboxylic acids is 1. The average molecular weight is 362 g/mol. The normalized spacial score (nSPS) is 16.1. The molecule has 0 spiro atoms. The minimum Gasteiger partial charge on any atom is -0.349 e. The summed E-state index contributed by atoms with van der Waals surface area (Å²) >= 11 is 1.65. The zero-order valence-corrected chi connectivity index (χ0v) is 15.7. The number of hydrogen-bond donors (Lipinski definition) is 1. The average Bonchev–Trinajstić information content (AvgIpc) is 3.03. The van der Waals surface area contributed by atoms with E-state index < -0.39 is 0 Å². The maximum atomic E-state index is 12.6. The minimum atomic E-state index is 0.0553. The van der Waals surface area contributed by atoms with Crippen molar-refractivity contribution in [3.05, 3.63) is 76.3 Å². The number of aryl methyl sites for hydroxylation is 2. The Bertz CT molecular complexity index is 917. The summed E-state index contributed by atoms with van der Waals surface area (Å²) in [4.78, 5) is 18.5. The topological polar surface area (TPSA) is 42.0 Å². The molecule has 0 fully saturated rings. The first kappa shape index (κ1) is 17.0. The summed E-state index contributed by atoms with van der Waals surface area (Å²) in [6, 6.07) is 18.7. The van der Waals surface area contributed by atoms with Crippen LogP contribution in [0.2, 0.25) is 0 Å². The highest BCUT2D eigenvalue weighted by Crippen LogP contribution is 2.30. The van der Waals surface area contributed by atoms with Gasteiger partial charge in [0.15, 0.2) is 0 Å². The molecule has 0 radical (unpaired) electrons. The van der Waals surface area contributed by atoms with Crippen LogP contribution in [0.4, 0.5) is 0 Å². The molecule has 4 rings (SSSR count). The van der Waals surface area contributed by atoms with Crippen LogP contribution in [0.1, 0.15) is 40.6 Å². The number of benzene rings is 2. The summed E-state index contributed by atoms with van der Waals surface area (Å²) in [6.45, 7) is 2.04. The molecule has 0 saturated carbocycles. The second-order valence-electron chi connectivity index (χ2n) is 6.78. The van der Waals surface area contributed by atoms with Gasteiger partial charge in [-0.15, -0.1) is 11.3 Å². The van der Waals surface area contributed by atoms with Crippen LogP contribution < -0.4 is 5.32 Å². The van der Waals surface area contributed by atoms with E-state index in [1.807, 2.05) is 25.1 Å². The highest BCUT2D eigenvalue weighted by Gasteiger charge is 2.22. The molecule has 132 valence electrons. The molecule has 1 amide bonds. The van der Waals surface area contributed by atoms with Crippen LogP contribution in [0.15, 0.2) is 54.6 Å². The Hall–Kier alpha value is -2.46. The molecular formula is C22H22N2OS. The summed E-state index contributed by atoms with van der Waals surface area (Å²) in [5, 5.41) is 4.21. The largest absolute Gasteiger partial charge is 0.349 e. The lowest BCUT2D eigenvalue weighted by Crippen LogP contribution is -2.32. The van der Waals surface area contributed by atoms with Crippen molar-refractivity contribution in [2.24, 2.45) is 0 Å². The smallest absolute Gasteiger partial charge is 0.226 e. The van der Waals surface area contributed by atoms with E-state index in [2.05, 4.69) is 41.7 Å². The maximum absolute atomic E-state index is 12.6. The molecule has 2 aromatic carbocycles. The van der Waals surface area contributed by atoms with E-state index >= 15 is 0 Å². The first-order valence-electron chi connectivity index (χ1n) is 9.09. The molecule has 3 aromatic rings. The van der Waals surface area contributed by atoms with Crippen molar-refractivity contribution in [1.29, 1.82) is 0 Å². The Balaban J connectivity index is 1.47. The van der Waals surface area contributed by atoms with Crippen LogP contribution in [0.25, 0.3) is 10.6 Å². The third kappa shape index (κ3) is 3.56. The number of hydrogen-bond acceptors (Lipinski definition) is 3. The van der Waals surface area contributed by atoms with Crippen molar-refractivity contribution >= 4 is 17.2 Å². The van der Waals surface area contributed by atoms with Crippen LogP contribution in [0, 0.1) is 6.92 Å². The van der Waals surface area contributed by atoms with Gasteiger partial charge in [0.25, 0.3) is 0 Å². The summed E-state index contributed by atoms with van der Waals surface area (Å²) < 4.78 is 0. The van der Waals surface area contributed by atoms with E-state index in [0.29, 0.717) is 6.42 Å². The monoisotopic (exact) mass is 362 g/mol. The molecule has 0 saturated heterocycles. The summed E-state index contributed by atoms with van der Waals surface area (Å²) in [6.07, 6.45) is 3.58. The van der Waals surface area contributed by atoms with E-state index in [4.69, 9.17) is 4.98 Å². The van der Waals surface area contributed by atoms with Crippen molar-refractivity contribution in [3.63, 3.8) is 0 Å². The summed E-state index contributed by atoms with van der Waals surface area (Å²) in [5.41, 5.74) is 4.62. The van der Waals surface area contributed by atoms with E-state index in [1.54, 1.807) is 11.3 Å². The van der Waals surface area contributed by atoms with Gasteiger partial charge in [0.2, 0.25) is 5.91 Å². The van der Waals surface area contributed by atoms with Crippen LogP contribution >= 0.6 is 11.3 Å². The predicted molar refractivity (Wildman–Crippen MR) is 106 cm³/mol. The first-order chi connectivity index (χ1) is 12.7. The van der Waals surface area contributed by atoms with E-state index in [9.17, 15) is 4.79 Å². The second kappa shape index (κ2) is 7.42. The number of thiazole rings is 1. The fourth-order valence-electron chi connectivity index (χ4n) is 3.60. The Morgan fingerprint density at radius 1 is 1.15 bits per heavy atom. The molecule has 1 heterocycles. The highest BCUT2D eigenvalue weighted by atomic mass is 32.1. The van der Waals surface area contributed by atoms with Crippen LogP contribution in [-0.4, -0.2) is 10.9 Å². The Morgan fingerprint density at radius 2 is 1.92 bits per heavy atom. The number of amides is 1. The van der Waals surface area contributed by atoms with E-state index in [-0.39, 0.29) is 11.9 Å². The lowest BCUT2D eigenvalue weighted by Gasteiger charge is -2.26. The Kier molecular flexibility index (Phi) is 4.85. The van der Waals surface area contributed by atoms with Gasteiger partial charge < -0.3 is 5.32 Å². The number of rotatable bonds is 4. The van der Waals surface area contributed by atoms with Crippen molar-refractivity contribution in [2.45, 2.75) is 38.6 Å². The summed E-state index contributed by atoms with van der Waals surface area (Å²) in [7, 11) is 0. The Morgan fingerprint density at radius 3 is 2.77 bits per heavy atom. The lowest BCUT2D eigenvalue weighted by molar-refractivity contribution is -0.121. The molecule has 1 aliphatic carbocycles. The number of nitrogens with zero attached hydrogens (tertiary/aromatic N) is 1. The SMILES string of the molecule is Cc1sc(-c2ccccc2)nc1CC(=O)NC1CCCc2ccccc21. The van der Waals surface area contributed by atoms with Crippen LogP contribution in [0.5, 0.6) is 0 Å². The van der Waals surface area contributed by atoms with Gasteiger partial charge in [0.1, 0.15) is 5.01 Å². The van der Waals surface area contributed by atoms with Gasteiger partial charge in [0.05, 0.1) is 18.2 Å². The molecule has 1 unspecified atom stereocenters. The minimum absolute atomic E-state index is 0.0553. The molecular weight excluding hydrogens is 340 g/mol. The molecule has 26 heavy (non-hydrogen) atoms. The van der Waals surface area contributed by atoms with E-state index in [0.717, 1.165) is 40.4 Å². The number of nitrogens with one attached hydrogen (secondary N) is 1. The van der Waals surface area contributed by atoms with Gasteiger partial charge >= 0.3 is 0 Å². The van der Waals surface area contributed by atoms with Crippen molar-refractivity contribution in [3.8, 4) is 10.6 Å². The van der Waals surface area contributed by atoms with Gasteiger partial charge in [-0.1, -0.05) is 54.6 Å². The third-order valence-corrected chi connectivity index (χ3v) is 6.01. The fourth-order valence-corrected chi connectivity index (χ4v) is 4.53. The van der Waals surface area contributed by atoms with E-state index in [1.165, 1.54) is 11.1 Å². The van der Waals surface area contributed by atoms with Crippen LogP contribution in [0.3, 0.4) is 0 Å². The molecule has 4 heteroatoms. The molecule has 0 aliphatic heterocycles. The summed E-state index contributed by atoms with van der Waals surface area (Å²) in [5.74, 6) is 0.0553. The molecule has 1 aliphatic rings. The second-order valence-corrected chi connectivity index (χ2v) is 7.98. The van der Waals surface area contributed by atoms with Gasteiger partial charge in [-0.3, -0.25) is 4.79 Å². The zero-order valence-electron chi connectivity index (χ0n) is 14.9. The zero-order chi connectivity index (χ0) is 17.9. The molecule has 0 bridgehead atoms. The lowest BCUT2D eigenvalue weighted by atomic mass is 9.87. The van der Waals surface area contributed by atoms with Crippen LogP contribution in [-0.2, 0) is 17.6 Å². The van der Waals surface area contributed by atoms with Gasteiger partial charge in [0, 0.05) is 10.4 Å². The molecule has 1 atom stereocenters. The quantitative estimate of drug-likeness (QED) is 0.720. The predicted octanol–water partition coefficient (Wildman–Crippen LogP) is 4.85. The first-order valence-corrected chi connectivity index (χ1v) is 9.91.